The van der Waals surface area contributed by atoms with Crippen LogP contribution in [0, 0.1) is 12.8 Å². The molecule has 0 aliphatic rings. The number of thiazole rings is 1. The summed E-state index contributed by atoms with van der Waals surface area (Å²) >= 11 is 1.46. The molecular formula is C12H19NO2S. The Bertz CT molecular complexity index is 371. The van der Waals surface area contributed by atoms with E-state index in [1.54, 1.807) is 0 Å². The maximum absolute atomic E-state index is 11.6. The van der Waals surface area contributed by atoms with Gasteiger partial charge in [-0.3, -0.25) is 0 Å². The Hall–Kier alpha value is -0.900. The molecule has 0 saturated carbocycles. The molecule has 0 saturated heterocycles. The lowest BCUT2D eigenvalue weighted by atomic mass is 9.99. The molecule has 0 amide bonds. The molecule has 0 aliphatic carbocycles. The summed E-state index contributed by atoms with van der Waals surface area (Å²) in [7, 11) is 0. The summed E-state index contributed by atoms with van der Waals surface area (Å²) in [6.07, 6.45) is 0. The molecule has 0 fully saturated rings. The van der Waals surface area contributed by atoms with Gasteiger partial charge >= 0.3 is 5.97 Å². The first-order valence-corrected chi connectivity index (χ1v) is 6.43. The summed E-state index contributed by atoms with van der Waals surface area (Å²) in [5.74, 6) is 0.659. The molecule has 1 heterocycles. The highest BCUT2D eigenvalue weighted by Gasteiger charge is 2.20. The molecule has 1 rings (SSSR count). The third-order valence-electron chi connectivity index (χ3n) is 2.66. The van der Waals surface area contributed by atoms with Crippen LogP contribution in [0.15, 0.2) is 0 Å². The molecule has 1 atom stereocenters. The van der Waals surface area contributed by atoms with Gasteiger partial charge in [0.1, 0.15) is 4.88 Å². The monoisotopic (exact) mass is 241 g/mol. The van der Waals surface area contributed by atoms with Gasteiger partial charge in [0.15, 0.2) is 0 Å². The number of ether oxygens (including phenoxy) is 1. The minimum Gasteiger partial charge on any atom is -0.462 e. The van der Waals surface area contributed by atoms with E-state index < -0.39 is 0 Å². The van der Waals surface area contributed by atoms with E-state index in [-0.39, 0.29) is 5.97 Å². The fraction of sp³-hybridized carbons (Fsp3) is 0.667. The summed E-state index contributed by atoms with van der Waals surface area (Å²) in [5.41, 5.74) is 0.783. The topological polar surface area (TPSA) is 39.2 Å². The summed E-state index contributed by atoms with van der Waals surface area (Å²) < 4.78 is 4.99. The van der Waals surface area contributed by atoms with E-state index in [1.165, 1.54) is 11.3 Å². The molecule has 0 bridgehead atoms. The van der Waals surface area contributed by atoms with Gasteiger partial charge in [0.2, 0.25) is 0 Å². The van der Waals surface area contributed by atoms with Gasteiger partial charge in [0.05, 0.1) is 17.3 Å². The highest BCUT2D eigenvalue weighted by atomic mass is 32.1. The smallest absolute Gasteiger partial charge is 0.350 e. The quantitative estimate of drug-likeness (QED) is 0.758. The SMILES string of the molecule is CCOC(=O)c1sc(C(C)C(C)C)nc1C. The molecule has 16 heavy (non-hydrogen) atoms. The van der Waals surface area contributed by atoms with Crippen LogP contribution in [0.3, 0.4) is 0 Å². The zero-order chi connectivity index (χ0) is 12.3. The highest BCUT2D eigenvalue weighted by Crippen LogP contribution is 2.29. The van der Waals surface area contributed by atoms with Crippen molar-refractivity contribution in [2.24, 2.45) is 5.92 Å². The van der Waals surface area contributed by atoms with Gasteiger partial charge < -0.3 is 4.74 Å². The number of esters is 1. The van der Waals surface area contributed by atoms with Crippen molar-refractivity contribution in [3.63, 3.8) is 0 Å². The molecule has 0 N–H and O–H groups in total. The Labute approximate surface area is 101 Å². The van der Waals surface area contributed by atoms with E-state index in [1.807, 2.05) is 13.8 Å². The van der Waals surface area contributed by atoms with Crippen molar-refractivity contribution >= 4 is 17.3 Å². The van der Waals surface area contributed by atoms with Crippen LogP contribution in [0.5, 0.6) is 0 Å². The first-order valence-electron chi connectivity index (χ1n) is 5.61. The van der Waals surface area contributed by atoms with Crippen molar-refractivity contribution in [1.29, 1.82) is 0 Å². The largest absolute Gasteiger partial charge is 0.462 e. The Morgan fingerprint density at radius 1 is 1.44 bits per heavy atom. The highest BCUT2D eigenvalue weighted by molar-refractivity contribution is 7.13. The van der Waals surface area contributed by atoms with E-state index in [2.05, 4.69) is 25.8 Å². The van der Waals surface area contributed by atoms with Gasteiger partial charge in [-0.25, -0.2) is 9.78 Å². The van der Waals surface area contributed by atoms with Crippen LogP contribution in [-0.4, -0.2) is 17.6 Å². The third kappa shape index (κ3) is 2.82. The zero-order valence-electron chi connectivity index (χ0n) is 10.5. The van der Waals surface area contributed by atoms with Gasteiger partial charge in [0.25, 0.3) is 0 Å². The Morgan fingerprint density at radius 2 is 2.06 bits per heavy atom. The number of hydrogen-bond acceptors (Lipinski definition) is 4. The molecule has 90 valence electrons. The molecule has 1 aromatic rings. The van der Waals surface area contributed by atoms with Gasteiger partial charge in [-0.05, 0) is 19.8 Å². The third-order valence-corrected chi connectivity index (χ3v) is 4.00. The Morgan fingerprint density at radius 3 is 2.56 bits per heavy atom. The van der Waals surface area contributed by atoms with E-state index >= 15 is 0 Å². The van der Waals surface area contributed by atoms with Crippen LogP contribution in [0.4, 0.5) is 0 Å². The van der Waals surface area contributed by atoms with E-state index in [9.17, 15) is 4.79 Å². The van der Waals surface area contributed by atoms with Crippen molar-refractivity contribution in [1.82, 2.24) is 4.98 Å². The Balaban J connectivity index is 2.93. The number of aromatic nitrogens is 1. The van der Waals surface area contributed by atoms with E-state index in [0.29, 0.717) is 23.3 Å². The second-order valence-electron chi connectivity index (χ2n) is 4.22. The molecular weight excluding hydrogens is 222 g/mol. The van der Waals surface area contributed by atoms with Crippen LogP contribution < -0.4 is 0 Å². The number of nitrogens with zero attached hydrogens (tertiary/aromatic N) is 1. The van der Waals surface area contributed by atoms with Gasteiger partial charge in [-0.15, -0.1) is 11.3 Å². The number of carbonyl (C=O) groups excluding carboxylic acids is 1. The maximum atomic E-state index is 11.6. The average Bonchev–Trinajstić information content (AvgIpc) is 2.59. The predicted octanol–water partition coefficient (Wildman–Crippen LogP) is 3.39. The van der Waals surface area contributed by atoms with Gasteiger partial charge in [0, 0.05) is 5.92 Å². The van der Waals surface area contributed by atoms with Crippen LogP contribution in [-0.2, 0) is 4.74 Å². The van der Waals surface area contributed by atoms with Crippen molar-refractivity contribution in [3.8, 4) is 0 Å². The standard InChI is InChI=1S/C12H19NO2S/c1-6-15-12(14)10-9(5)13-11(16-10)8(4)7(2)3/h7-8H,6H2,1-5H3. The van der Waals surface area contributed by atoms with Crippen LogP contribution in [0.25, 0.3) is 0 Å². The molecule has 0 aromatic carbocycles. The van der Waals surface area contributed by atoms with Crippen LogP contribution in [0.1, 0.15) is 54.0 Å². The molecule has 0 radical (unpaired) electrons. The minimum atomic E-state index is -0.250. The van der Waals surface area contributed by atoms with Crippen LogP contribution in [0.2, 0.25) is 0 Å². The predicted molar refractivity (Wildman–Crippen MR) is 66.1 cm³/mol. The number of carbonyl (C=O) groups is 1. The van der Waals surface area contributed by atoms with Crippen molar-refractivity contribution in [2.75, 3.05) is 6.61 Å². The average molecular weight is 241 g/mol. The molecule has 1 unspecified atom stereocenters. The van der Waals surface area contributed by atoms with Crippen molar-refractivity contribution in [3.05, 3.63) is 15.6 Å². The van der Waals surface area contributed by atoms with Gasteiger partial charge in [-0.2, -0.15) is 0 Å². The second kappa shape index (κ2) is 5.43. The lowest BCUT2D eigenvalue weighted by Crippen LogP contribution is -2.03. The van der Waals surface area contributed by atoms with E-state index in [0.717, 1.165) is 10.7 Å². The molecule has 3 nitrogen and oxygen atoms in total. The minimum absolute atomic E-state index is 0.250. The number of rotatable bonds is 4. The van der Waals surface area contributed by atoms with E-state index in [4.69, 9.17) is 4.74 Å². The van der Waals surface area contributed by atoms with Crippen molar-refractivity contribution < 1.29 is 9.53 Å². The summed E-state index contributed by atoms with van der Waals surface area (Å²) in [6, 6.07) is 0. The molecule has 4 heteroatoms. The summed E-state index contributed by atoms with van der Waals surface area (Å²) in [5, 5.41) is 1.02. The summed E-state index contributed by atoms with van der Waals surface area (Å²) in [6.45, 7) is 10.5. The maximum Gasteiger partial charge on any atom is 0.350 e. The number of hydrogen-bond donors (Lipinski definition) is 0. The zero-order valence-corrected chi connectivity index (χ0v) is 11.4. The first kappa shape index (κ1) is 13.2. The van der Waals surface area contributed by atoms with Crippen molar-refractivity contribution in [2.45, 2.75) is 40.5 Å². The lowest BCUT2D eigenvalue weighted by molar-refractivity contribution is 0.0531. The van der Waals surface area contributed by atoms with Gasteiger partial charge in [-0.1, -0.05) is 20.8 Å². The summed E-state index contributed by atoms with van der Waals surface area (Å²) in [4.78, 5) is 16.7. The first-order chi connectivity index (χ1) is 7.47. The number of aryl methyl sites for hydroxylation is 1. The Kier molecular flexibility index (Phi) is 4.47. The normalized spacial score (nSPS) is 12.9. The fourth-order valence-corrected chi connectivity index (χ4v) is 2.47. The molecule has 0 spiro atoms. The molecule has 0 aliphatic heterocycles. The molecule has 1 aromatic heterocycles. The fourth-order valence-electron chi connectivity index (χ4n) is 1.28. The second-order valence-corrected chi connectivity index (χ2v) is 5.25. The lowest BCUT2D eigenvalue weighted by Gasteiger charge is -2.11. The van der Waals surface area contributed by atoms with Crippen LogP contribution >= 0.6 is 11.3 Å².